The first-order valence-corrected chi connectivity index (χ1v) is 8.74. The van der Waals surface area contributed by atoms with Gasteiger partial charge in [0, 0.05) is 5.56 Å². The molecule has 0 aromatic heterocycles. The van der Waals surface area contributed by atoms with Gasteiger partial charge < -0.3 is 9.64 Å². The predicted octanol–water partition coefficient (Wildman–Crippen LogP) is 5.20. The lowest BCUT2D eigenvalue weighted by molar-refractivity contribution is -0.293. The van der Waals surface area contributed by atoms with E-state index in [0.29, 0.717) is 11.3 Å². The maximum Gasteiger partial charge on any atom is 0.443 e. The molecule has 10 heteroatoms. The van der Waals surface area contributed by atoms with E-state index in [-0.39, 0.29) is 12.1 Å². The number of benzene rings is 2. The molecule has 0 radical (unpaired) electrons. The quantitative estimate of drug-likeness (QED) is 0.627. The van der Waals surface area contributed by atoms with Gasteiger partial charge in [-0.25, -0.2) is 9.98 Å². The van der Waals surface area contributed by atoms with Gasteiger partial charge in [-0.3, -0.25) is 0 Å². The Morgan fingerprint density at radius 1 is 0.867 bits per heavy atom. The van der Waals surface area contributed by atoms with E-state index in [1.54, 1.807) is 30.3 Å². The van der Waals surface area contributed by atoms with Gasteiger partial charge in [0.15, 0.2) is 0 Å². The average molecular weight is 429 g/mol. The minimum absolute atomic E-state index is 0.0289. The molecule has 0 aliphatic carbocycles. The highest BCUT2D eigenvalue weighted by atomic mass is 19.4. The van der Waals surface area contributed by atoms with Crippen molar-refractivity contribution < 1.29 is 31.1 Å². The molecule has 0 spiro atoms. The van der Waals surface area contributed by atoms with Gasteiger partial charge in [-0.2, -0.15) is 26.3 Å². The normalized spacial score (nSPS) is 16.7. The highest BCUT2D eigenvalue weighted by Crippen LogP contribution is 2.49. The molecule has 0 saturated carbocycles. The zero-order valence-corrected chi connectivity index (χ0v) is 15.9. The van der Waals surface area contributed by atoms with Gasteiger partial charge >= 0.3 is 18.0 Å². The highest BCUT2D eigenvalue weighted by Gasteiger charge is 2.73. The molecule has 2 aromatic rings. The zero-order chi connectivity index (χ0) is 22.2. The van der Waals surface area contributed by atoms with E-state index in [1.165, 1.54) is 36.3 Å². The van der Waals surface area contributed by atoms with E-state index >= 15 is 0 Å². The number of alkyl halides is 6. The summed E-state index contributed by atoms with van der Waals surface area (Å²) in [5.41, 5.74) is -3.83. The standard InChI is InChI=1S/C20H17F6N3O/c1-13-27-18(19(21,22)23,20(24,25)26)28-17(15-6-4-3-5-7-15)29(13)12-14-8-10-16(30-2)11-9-14/h3-11H,12H2,1-2H3. The summed E-state index contributed by atoms with van der Waals surface area (Å²) in [4.78, 5) is 7.42. The third kappa shape index (κ3) is 3.86. The van der Waals surface area contributed by atoms with E-state index in [4.69, 9.17) is 4.74 Å². The van der Waals surface area contributed by atoms with E-state index < -0.39 is 29.7 Å². The van der Waals surface area contributed by atoms with E-state index in [1.807, 2.05) is 0 Å². The third-order valence-electron chi connectivity index (χ3n) is 4.56. The second-order valence-electron chi connectivity index (χ2n) is 6.56. The number of rotatable bonds is 4. The van der Waals surface area contributed by atoms with Crippen molar-refractivity contribution in [3.63, 3.8) is 0 Å². The second kappa shape index (κ2) is 7.66. The Labute approximate surface area is 168 Å². The van der Waals surface area contributed by atoms with Crippen molar-refractivity contribution in [2.75, 3.05) is 7.11 Å². The summed E-state index contributed by atoms with van der Waals surface area (Å²) in [5, 5.41) is 0. The Morgan fingerprint density at radius 2 is 1.43 bits per heavy atom. The highest BCUT2D eigenvalue weighted by molar-refractivity contribution is 6.10. The molecule has 4 nitrogen and oxygen atoms in total. The summed E-state index contributed by atoms with van der Waals surface area (Å²) < 4.78 is 86.8. The molecule has 1 aliphatic rings. The van der Waals surface area contributed by atoms with Gasteiger partial charge in [0.05, 0.1) is 13.7 Å². The number of hydrogen-bond donors (Lipinski definition) is 0. The van der Waals surface area contributed by atoms with Crippen LogP contribution < -0.4 is 4.74 Å². The molecule has 0 bridgehead atoms. The van der Waals surface area contributed by atoms with Crippen LogP contribution in [0.2, 0.25) is 0 Å². The molecule has 2 aromatic carbocycles. The second-order valence-corrected chi connectivity index (χ2v) is 6.56. The number of halogens is 6. The third-order valence-corrected chi connectivity index (χ3v) is 4.56. The van der Waals surface area contributed by atoms with Crippen LogP contribution in [0.5, 0.6) is 5.75 Å². The number of nitrogens with zero attached hydrogens (tertiary/aromatic N) is 3. The van der Waals surface area contributed by atoms with Crippen LogP contribution >= 0.6 is 0 Å². The number of amidine groups is 2. The first-order chi connectivity index (χ1) is 14.0. The molecule has 0 fully saturated rings. The molecule has 1 heterocycles. The van der Waals surface area contributed by atoms with Crippen LogP contribution in [0.1, 0.15) is 18.1 Å². The van der Waals surface area contributed by atoms with Gasteiger partial charge in [0.2, 0.25) is 0 Å². The molecule has 30 heavy (non-hydrogen) atoms. The van der Waals surface area contributed by atoms with Crippen LogP contribution in [0.15, 0.2) is 64.6 Å². The van der Waals surface area contributed by atoms with Crippen LogP contribution in [0.4, 0.5) is 26.3 Å². The van der Waals surface area contributed by atoms with Crippen molar-refractivity contribution in [3.05, 3.63) is 65.7 Å². The molecule has 0 unspecified atom stereocenters. The van der Waals surface area contributed by atoms with Crippen molar-refractivity contribution in [1.29, 1.82) is 0 Å². The lowest BCUT2D eigenvalue weighted by atomic mass is 10.1. The SMILES string of the molecule is COc1ccc(CN2C(C)=NC(C(F)(F)F)(C(F)(F)F)N=C2c2ccccc2)cc1. The minimum Gasteiger partial charge on any atom is -0.497 e. The lowest BCUT2D eigenvalue weighted by Gasteiger charge is -2.38. The molecular formula is C20H17F6N3O. The molecule has 1 aliphatic heterocycles. The molecule has 0 amide bonds. The lowest BCUT2D eigenvalue weighted by Crippen LogP contribution is -2.59. The summed E-state index contributed by atoms with van der Waals surface area (Å²) >= 11 is 0. The van der Waals surface area contributed by atoms with Crippen molar-refractivity contribution in [1.82, 2.24) is 4.90 Å². The number of aliphatic imine (C=N–C) groups is 2. The smallest absolute Gasteiger partial charge is 0.443 e. The zero-order valence-electron chi connectivity index (χ0n) is 15.9. The summed E-state index contributed by atoms with van der Waals surface area (Å²) in [6.07, 6.45) is -11.5. The fourth-order valence-corrected chi connectivity index (χ4v) is 3.01. The summed E-state index contributed by atoms with van der Waals surface area (Å²) in [7, 11) is 1.48. The predicted molar refractivity (Wildman–Crippen MR) is 99.5 cm³/mol. The molecule has 0 atom stereocenters. The molecule has 0 N–H and O–H groups in total. The largest absolute Gasteiger partial charge is 0.497 e. The van der Waals surface area contributed by atoms with Gasteiger partial charge in [-0.15, -0.1) is 0 Å². The first-order valence-electron chi connectivity index (χ1n) is 8.74. The number of methoxy groups -OCH3 is 1. The van der Waals surface area contributed by atoms with Crippen molar-refractivity contribution in [3.8, 4) is 5.75 Å². The maximum absolute atomic E-state index is 13.6. The van der Waals surface area contributed by atoms with Crippen LogP contribution in [0, 0.1) is 0 Å². The molecule has 160 valence electrons. The van der Waals surface area contributed by atoms with E-state index in [2.05, 4.69) is 9.98 Å². The Bertz CT molecular complexity index is 935. The van der Waals surface area contributed by atoms with E-state index in [9.17, 15) is 26.3 Å². The average Bonchev–Trinajstić information content (AvgIpc) is 2.68. The van der Waals surface area contributed by atoms with E-state index in [0.717, 1.165) is 6.92 Å². The van der Waals surface area contributed by atoms with Gasteiger partial charge in [0.25, 0.3) is 0 Å². The van der Waals surface area contributed by atoms with Crippen molar-refractivity contribution in [2.45, 2.75) is 31.5 Å². The van der Waals surface area contributed by atoms with Gasteiger partial charge in [-0.05, 0) is 24.6 Å². The fourth-order valence-electron chi connectivity index (χ4n) is 3.01. The number of hydrogen-bond acceptors (Lipinski definition) is 4. The van der Waals surface area contributed by atoms with Crippen molar-refractivity contribution >= 4 is 11.7 Å². The summed E-state index contributed by atoms with van der Waals surface area (Å²) in [6, 6.07) is 14.0. The molecule has 0 saturated heterocycles. The summed E-state index contributed by atoms with van der Waals surface area (Å²) in [6.45, 7) is 1.08. The minimum atomic E-state index is -5.77. The van der Waals surface area contributed by atoms with Gasteiger partial charge in [0.1, 0.15) is 17.4 Å². The monoisotopic (exact) mass is 429 g/mol. The van der Waals surface area contributed by atoms with Crippen LogP contribution in [0.25, 0.3) is 0 Å². The first kappa shape index (κ1) is 21.7. The Kier molecular flexibility index (Phi) is 5.53. The molecular weight excluding hydrogens is 412 g/mol. The van der Waals surface area contributed by atoms with Gasteiger partial charge in [-0.1, -0.05) is 42.5 Å². The Balaban J connectivity index is 2.14. The number of ether oxygens (including phenoxy) is 1. The Hall–Kier alpha value is -3.04. The van der Waals surface area contributed by atoms with Crippen LogP contribution in [-0.4, -0.2) is 41.7 Å². The van der Waals surface area contributed by atoms with Crippen molar-refractivity contribution in [2.24, 2.45) is 9.98 Å². The van der Waals surface area contributed by atoms with Crippen LogP contribution in [-0.2, 0) is 6.54 Å². The summed E-state index contributed by atoms with van der Waals surface area (Å²) in [5.74, 6) is -0.351. The molecule has 3 rings (SSSR count). The Morgan fingerprint density at radius 3 is 1.93 bits per heavy atom. The fraction of sp³-hybridized carbons (Fsp3) is 0.300. The topological polar surface area (TPSA) is 37.2 Å². The van der Waals surface area contributed by atoms with Crippen LogP contribution in [0.3, 0.4) is 0 Å². The maximum atomic E-state index is 13.6.